The number of carboxylic acids is 5. The highest BCUT2D eigenvalue weighted by Gasteiger charge is 2.22. The van der Waals surface area contributed by atoms with Crippen molar-refractivity contribution >= 4 is 244 Å². The van der Waals surface area contributed by atoms with E-state index in [9.17, 15) is 33.6 Å². The Hall–Kier alpha value is -8.51. The summed E-state index contributed by atoms with van der Waals surface area (Å²) in [7, 11) is 0. The van der Waals surface area contributed by atoms with Crippen LogP contribution in [-0.2, 0) is 76.3 Å². The number of aliphatic carboxylic acids is 5. The predicted octanol–water partition coefficient (Wildman–Crippen LogP) is 29.7. The standard InChI is InChI=1S/C21H24Br2N2O4.C21H25Br2NO3.C21H25Cl2NO3.C20H21Br2ClN2O4.C20H22Br2ClNO3/c1-4-13(3)25-16-6-12(2)5-14(7-16)11-29-20-17(22)8-15(9-18(20)23)21(28)24-10-19(26)27;2*1-4-14(3)24-17-8-13(2)7-16(9-17)12-27-21-18(22)10-15(11-19(21)23)5-6-20(25)26;1-3-11(2)25-15-5-12(4-14(23)8-15)10-29-19-16(21)6-13(7-17(19)22)20(28)24-9-18(26)27;1-3-12(2)24-16-7-14(6-15(23)10-16)11-27-20-17(21)8-13(9-18(20)22)4-5-19(25)26/h5-9,13,25H,4,10-11H2,1-3H3,(H,24,28)(H,26,27);2*7-11,14,24H,4-6,12H2,1-3H3,(H,25,26);4-8,11,25H,3,9-10H2,1-2H3,(H,24,28)(H,26,27);6-10,12,24H,3-5,11H2,1-2H3,(H,25,26). The molecule has 139 heavy (non-hydrogen) atoms. The van der Waals surface area contributed by atoms with E-state index in [-0.39, 0.29) is 25.9 Å². The van der Waals surface area contributed by atoms with Gasteiger partial charge in [-0.05, 0) is 429 Å². The van der Waals surface area contributed by atoms with Gasteiger partial charge < -0.3 is 86.4 Å². The van der Waals surface area contributed by atoms with Crippen molar-refractivity contribution in [3.8, 4) is 28.7 Å². The highest BCUT2D eigenvalue weighted by Crippen LogP contribution is 2.42. The van der Waals surface area contributed by atoms with Gasteiger partial charge >= 0.3 is 29.8 Å². The van der Waals surface area contributed by atoms with Crippen LogP contribution in [0.3, 0.4) is 0 Å². The van der Waals surface area contributed by atoms with Gasteiger partial charge in [-0.25, -0.2) is 0 Å². The molecule has 0 radical (unpaired) electrons. The van der Waals surface area contributed by atoms with Crippen molar-refractivity contribution in [2.45, 2.75) is 224 Å². The zero-order chi connectivity index (χ0) is 103. The average Bonchev–Trinajstić information content (AvgIpc) is 1.77. The molecule has 0 fully saturated rings. The van der Waals surface area contributed by atoms with Gasteiger partial charge in [-0.1, -0.05) is 99.2 Å². The van der Waals surface area contributed by atoms with Crippen molar-refractivity contribution < 1.29 is 82.8 Å². The molecule has 0 aromatic heterocycles. The smallest absolute Gasteiger partial charge is 0.322 e. The lowest BCUT2D eigenvalue weighted by atomic mass is 10.1. The minimum absolute atomic E-state index is 0.0299. The van der Waals surface area contributed by atoms with E-state index < -0.39 is 54.8 Å². The van der Waals surface area contributed by atoms with E-state index in [2.05, 4.69) is 295 Å². The molecule has 24 nitrogen and oxygen atoms in total. The van der Waals surface area contributed by atoms with Crippen LogP contribution < -0.4 is 60.9 Å². The summed E-state index contributed by atoms with van der Waals surface area (Å²) in [6.45, 7) is 28.4. The van der Waals surface area contributed by atoms with Gasteiger partial charge in [-0.2, -0.15) is 0 Å². The summed E-state index contributed by atoms with van der Waals surface area (Å²) in [6, 6.07) is 49.6. The zero-order valence-electron chi connectivity index (χ0n) is 79.2. The number of amides is 2. The molecule has 5 unspecified atom stereocenters. The van der Waals surface area contributed by atoms with E-state index >= 15 is 0 Å². The van der Waals surface area contributed by atoms with E-state index in [0.29, 0.717) is 154 Å². The quantitative estimate of drug-likeness (QED) is 0.0169. The van der Waals surface area contributed by atoms with E-state index in [1.807, 2.05) is 74.5 Å². The fourth-order valence-electron chi connectivity index (χ4n) is 13.0. The molecule has 0 heterocycles. The highest BCUT2D eigenvalue weighted by molar-refractivity contribution is 9.12. The largest absolute Gasteiger partial charge is 0.487 e. The fourth-order valence-corrected chi connectivity index (χ4v) is 20.1. The van der Waals surface area contributed by atoms with Crippen LogP contribution in [0.1, 0.15) is 203 Å². The Kier molecular flexibility index (Phi) is 52.1. The highest BCUT2D eigenvalue weighted by atomic mass is 79.9. The number of halogens is 12. The van der Waals surface area contributed by atoms with Gasteiger partial charge in [-0.3, -0.25) is 33.6 Å². The average molecular weight is 2510 g/mol. The molecule has 12 N–H and O–H groups in total. The van der Waals surface area contributed by atoms with Crippen LogP contribution >= 0.6 is 174 Å². The predicted molar refractivity (Wildman–Crippen MR) is 587 cm³/mol. The first-order chi connectivity index (χ1) is 65.7. The number of carbonyl (C=O) groups is 7. The van der Waals surface area contributed by atoms with E-state index in [1.165, 1.54) is 5.56 Å². The normalized spacial score (nSPS) is 11.8. The van der Waals surface area contributed by atoms with Crippen molar-refractivity contribution in [2.75, 3.05) is 39.7 Å². The molecule has 0 aliphatic carbocycles. The lowest BCUT2D eigenvalue weighted by Crippen LogP contribution is -2.29. The van der Waals surface area contributed by atoms with E-state index in [0.717, 1.165) is 134 Å². The number of carboxylic acid groups (broad SMARTS) is 5. The second-order valence-corrected chi connectivity index (χ2v) is 41.6. The van der Waals surface area contributed by atoms with Crippen molar-refractivity contribution in [1.29, 1.82) is 0 Å². The van der Waals surface area contributed by atoms with Crippen LogP contribution in [-0.4, -0.2) is 110 Å². The van der Waals surface area contributed by atoms with Crippen molar-refractivity contribution in [3.63, 3.8) is 0 Å². The minimum atomic E-state index is -1.11. The van der Waals surface area contributed by atoms with Crippen molar-refractivity contribution in [3.05, 3.63) is 280 Å². The number of aryl methyl sites for hydroxylation is 6. The number of ether oxygens (including phenoxy) is 5. The van der Waals surface area contributed by atoms with Crippen LogP contribution in [0.4, 0.5) is 28.4 Å². The number of anilines is 5. The Morgan fingerprint density at radius 3 is 0.727 bits per heavy atom. The Bertz CT molecular complexity index is 5290. The second-order valence-electron chi connectivity index (χ2n) is 33.1. The molecule has 10 aromatic rings. The van der Waals surface area contributed by atoms with Crippen molar-refractivity contribution in [2.24, 2.45) is 0 Å². The minimum Gasteiger partial charge on any atom is -0.487 e. The summed E-state index contributed by atoms with van der Waals surface area (Å²) in [4.78, 5) is 77.5. The summed E-state index contributed by atoms with van der Waals surface area (Å²) in [5, 5.41) is 67.8. The number of rotatable bonds is 45. The molecular weight excluding hydrogens is 2390 g/mol. The Morgan fingerprint density at radius 1 is 0.281 bits per heavy atom. The Morgan fingerprint density at radius 2 is 0.496 bits per heavy atom. The summed E-state index contributed by atoms with van der Waals surface area (Å²) in [6.07, 6.45) is 6.69. The first-order valence-electron chi connectivity index (χ1n) is 44.7. The third kappa shape index (κ3) is 43.7. The van der Waals surface area contributed by atoms with Gasteiger partial charge in [0.25, 0.3) is 11.8 Å². The summed E-state index contributed by atoms with van der Waals surface area (Å²) in [5.41, 5.74) is 16.8. The fraction of sp³-hybridized carbons (Fsp3) is 0.350. The second kappa shape index (κ2) is 60.8. The van der Waals surface area contributed by atoms with Crippen LogP contribution in [0.25, 0.3) is 0 Å². The third-order valence-corrected chi connectivity index (χ3v) is 26.5. The molecule has 0 bridgehead atoms. The molecule has 36 heteroatoms. The molecule has 0 spiro atoms. The SMILES string of the molecule is CCC(C)Nc1cc(C)cc(COc2c(Br)cc(C(=O)NCC(=O)O)cc2Br)c1.CCC(C)Nc1cc(C)cc(COc2c(Br)cc(CCC(=O)O)cc2Br)c1.CCC(C)Nc1cc(C)cc(COc2c(Cl)cc(CCC(=O)O)cc2Cl)c1.CCC(C)Nc1cc(Cl)cc(COc2c(Br)cc(C(=O)NCC(=O)O)cc2Br)c1.CCC(C)Nc1cc(Cl)cc(COc2c(Br)cc(CCC(=O)O)cc2Br)c1. The van der Waals surface area contributed by atoms with E-state index in [4.69, 9.17) is 95.6 Å². The zero-order valence-corrected chi connectivity index (χ0v) is 94.9. The molecule has 5 atom stereocenters. The maximum Gasteiger partial charge on any atom is 0.322 e. The van der Waals surface area contributed by atoms with Gasteiger partial charge in [0, 0.05) is 99.1 Å². The number of hydrogen-bond donors (Lipinski definition) is 12. The third-order valence-electron chi connectivity index (χ3n) is 20.7. The van der Waals surface area contributed by atoms with Crippen LogP contribution in [0.2, 0.25) is 20.1 Å². The monoisotopic (exact) mass is 2500 g/mol. The first kappa shape index (κ1) is 119. The van der Waals surface area contributed by atoms with Crippen LogP contribution in [0, 0.1) is 20.8 Å². The van der Waals surface area contributed by atoms with Gasteiger partial charge in [0.15, 0.2) is 5.75 Å². The lowest BCUT2D eigenvalue weighted by molar-refractivity contribution is -0.138. The summed E-state index contributed by atoms with van der Waals surface area (Å²) >= 11 is 52.8. The van der Waals surface area contributed by atoms with Crippen molar-refractivity contribution in [1.82, 2.24) is 10.6 Å². The van der Waals surface area contributed by atoms with Gasteiger partial charge in [-0.15, -0.1) is 0 Å². The molecule has 0 saturated carbocycles. The van der Waals surface area contributed by atoms with Gasteiger partial charge in [0.2, 0.25) is 0 Å². The lowest BCUT2D eigenvalue weighted by Gasteiger charge is -2.16. The molecule has 2 amide bonds. The van der Waals surface area contributed by atoms with Gasteiger partial charge in [0.1, 0.15) is 69.1 Å². The van der Waals surface area contributed by atoms with Crippen LogP contribution in [0.5, 0.6) is 28.7 Å². The molecule has 0 saturated heterocycles. The number of carbonyl (C=O) groups excluding carboxylic acids is 2. The number of benzene rings is 10. The maximum atomic E-state index is 12.1. The topological polar surface area (TPSA) is 351 Å². The molecule has 0 aliphatic heterocycles. The van der Waals surface area contributed by atoms with E-state index in [1.54, 1.807) is 36.4 Å². The molecule has 0 aliphatic rings. The summed E-state index contributed by atoms with van der Waals surface area (Å²) < 4.78 is 35.3. The number of hydrogen-bond acceptors (Lipinski definition) is 17. The maximum absolute atomic E-state index is 12.1. The van der Waals surface area contributed by atoms with Crippen LogP contribution in [0.15, 0.2) is 187 Å². The molecule has 750 valence electrons. The molecular formula is C103H117Br8Cl4N7O17. The Labute approximate surface area is 900 Å². The van der Waals surface area contributed by atoms with Gasteiger partial charge in [0.05, 0.1) is 45.8 Å². The number of nitrogens with one attached hydrogen (secondary N) is 7. The summed E-state index contributed by atoms with van der Waals surface area (Å²) in [5.74, 6) is -2.76. The Balaban J connectivity index is 0.000000266. The first-order valence-corrected chi connectivity index (χ1v) is 52.5. The molecule has 10 rings (SSSR count). The molecule has 10 aromatic carbocycles.